The van der Waals surface area contributed by atoms with E-state index in [1.165, 1.54) is 11.0 Å². The molecule has 19 heavy (non-hydrogen) atoms. The number of carbonyl (C=O) groups is 2. The molecule has 0 aliphatic carbocycles. The molecule has 1 heterocycles. The summed E-state index contributed by atoms with van der Waals surface area (Å²) >= 11 is 6.62. The molecule has 0 aromatic heterocycles. The van der Waals surface area contributed by atoms with E-state index < -0.39 is 17.5 Å². The van der Waals surface area contributed by atoms with Gasteiger partial charge in [-0.05, 0) is 34.0 Å². The molecule has 0 spiro atoms. The van der Waals surface area contributed by atoms with E-state index in [1.807, 2.05) is 6.92 Å². The summed E-state index contributed by atoms with van der Waals surface area (Å²) in [5.74, 6) is -1.50. The van der Waals surface area contributed by atoms with Crippen molar-refractivity contribution in [1.29, 1.82) is 0 Å². The molecular weight excluding hydrogens is 381 g/mol. The minimum atomic E-state index is -0.639. The van der Waals surface area contributed by atoms with Crippen molar-refractivity contribution in [3.8, 4) is 0 Å². The molecule has 0 radical (unpaired) electrons. The maximum absolute atomic E-state index is 13.3. The maximum atomic E-state index is 13.3. The molecule has 1 aromatic carbocycles. The Bertz CT molecular complexity index is 544. The van der Waals surface area contributed by atoms with Crippen LogP contribution in [0.2, 0.25) is 0 Å². The van der Waals surface area contributed by atoms with Gasteiger partial charge in [-0.1, -0.05) is 29.3 Å². The highest BCUT2D eigenvalue weighted by atomic mass is 79.9. The summed E-state index contributed by atoms with van der Waals surface area (Å²) in [6, 6.07) is 2.39. The van der Waals surface area contributed by atoms with Gasteiger partial charge in [0.25, 0.3) is 11.7 Å². The van der Waals surface area contributed by atoms with Gasteiger partial charge in [0.1, 0.15) is 5.82 Å². The number of halogens is 3. The topological polar surface area (TPSA) is 37.4 Å². The fourth-order valence-electron chi connectivity index (χ4n) is 2.07. The Morgan fingerprint density at radius 1 is 1.37 bits per heavy atom. The molecule has 6 heteroatoms. The van der Waals surface area contributed by atoms with Crippen LogP contribution in [-0.4, -0.2) is 23.6 Å². The van der Waals surface area contributed by atoms with Crippen molar-refractivity contribution in [3.05, 3.63) is 28.0 Å². The predicted molar refractivity (Wildman–Crippen MR) is 78.4 cm³/mol. The Kier molecular flexibility index (Phi) is 4.40. The normalized spacial score (nSPS) is 15.9. The molecule has 0 saturated heterocycles. The number of benzene rings is 1. The number of fused-ring (bicyclic) bond motifs is 1. The second-order valence-corrected chi connectivity index (χ2v) is 5.96. The third-order valence-corrected chi connectivity index (χ3v) is 4.74. The Labute approximate surface area is 127 Å². The van der Waals surface area contributed by atoms with Crippen LogP contribution in [0.3, 0.4) is 0 Å². The van der Waals surface area contributed by atoms with Gasteiger partial charge in [-0.3, -0.25) is 9.59 Å². The zero-order valence-corrected chi connectivity index (χ0v) is 13.4. The van der Waals surface area contributed by atoms with Gasteiger partial charge in [-0.25, -0.2) is 4.39 Å². The van der Waals surface area contributed by atoms with Crippen LogP contribution >= 0.6 is 31.9 Å². The average Bonchev–Trinajstić information content (AvgIpc) is 2.61. The second-order valence-electron chi connectivity index (χ2n) is 4.46. The highest BCUT2D eigenvalue weighted by Crippen LogP contribution is 2.37. The van der Waals surface area contributed by atoms with Gasteiger partial charge in [-0.15, -0.1) is 0 Å². The smallest absolute Gasteiger partial charge is 0.299 e. The van der Waals surface area contributed by atoms with Crippen molar-refractivity contribution in [2.45, 2.75) is 13.3 Å². The molecule has 0 bridgehead atoms. The molecule has 0 fully saturated rings. The molecular formula is C13H12Br2FNO2. The van der Waals surface area contributed by atoms with Crippen molar-refractivity contribution < 1.29 is 14.0 Å². The first-order valence-electron chi connectivity index (χ1n) is 5.90. The summed E-state index contributed by atoms with van der Waals surface area (Å²) in [6.45, 7) is 2.47. The van der Waals surface area contributed by atoms with E-state index in [9.17, 15) is 14.0 Å². The van der Waals surface area contributed by atoms with Crippen molar-refractivity contribution in [2.24, 2.45) is 5.92 Å². The van der Waals surface area contributed by atoms with Crippen molar-refractivity contribution in [3.63, 3.8) is 0 Å². The number of rotatable bonds is 4. The summed E-state index contributed by atoms with van der Waals surface area (Å²) in [7, 11) is 0. The Balaban J connectivity index is 2.44. The van der Waals surface area contributed by atoms with Gasteiger partial charge in [0.2, 0.25) is 0 Å². The largest absolute Gasteiger partial charge is 0.303 e. The summed E-state index contributed by atoms with van der Waals surface area (Å²) in [4.78, 5) is 25.3. The van der Waals surface area contributed by atoms with E-state index in [2.05, 4.69) is 31.9 Å². The maximum Gasteiger partial charge on any atom is 0.299 e. The number of Topliss-reactive ketones (excluding diaryl/α,β-unsaturated/α-hetero) is 1. The lowest BCUT2D eigenvalue weighted by atomic mass is 10.1. The van der Waals surface area contributed by atoms with Gasteiger partial charge >= 0.3 is 0 Å². The first-order valence-corrected chi connectivity index (χ1v) is 7.82. The highest BCUT2D eigenvalue weighted by molar-refractivity contribution is 9.10. The fourth-order valence-corrected chi connectivity index (χ4v) is 3.38. The summed E-state index contributed by atoms with van der Waals surface area (Å²) < 4.78 is 13.8. The number of alkyl halides is 1. The van der Waals surface area contributed by atoms with Crippen LogP contribution in [0.1, 0.15) is 23.7 Å². The van der Waals surface area contributed by atoms with Crippen LogP contribution in [0.25, 0.3) is 0 Å². The van der Waals surface area contributed by atoms with E-state index >= 15 is 0 Å². The lowest BCUT2D eigenvalue weighted by molar-refractivity contribution is -0.114. The minimum Gasteiger partial charge on any atom is -0.303 e. The second kappa shape index (κ2) is 5.71. The van der Waals surface area contributed by atoms with E-state index in [-0.39, 0.29) is 11.5 Å². The van der Waals surface area contributed by atoms with Crippen molar-refractivity contribution in [1.82, 2.24) is 0 Å². The zero-order valence-electron chi connectivity index (χ0n) is 10.3. The van der Waals surface area contributed by atoms with Crippen LogP contribution in [0, 0.1) is 11.7 Å². The van der Waals surface area contributed by atoms with Gasteiger partial charge in [0.15, 0.2) is 0 Å². The number of carbonyl (C=O) groups excluding carboxylic acids is 2. The predicted octanol–water partition coefficient (Wildman–Crippen LogP) is 3.54. The molecule has 1 aliphatic heterocycles. The Morgan fingerprint density at radius 2 is 2.05 bits per heavy atom. The van der Waals surface area contributed by atoms with Crippen molar-refractivity contribution in [2.75, 3.05) is 16.8 Å². The average molecular weight is 393 g/mol. The highest BCUT2D eigenvalue weighted by Gasteiger charge is 2.38. The van der Waals surface area contributed by atoms with Crippen molar-refractivity contribution >= 4 is 49.2 Å². The number of hydrogen-bond acceptors (Lipinski definition) is 2. The molecule has 3 nitrogen and oxygen atoms in total. The standard InChI is InChI=1S/C13H12Br2FNO2/c1-2-7(5-14)6-17-11-9(12(18)13(17)19)3-8(16)4-10(11)15/h3-4,7H,2,5-6H2,1H3. The van der Waals surface area contributed by atoms with E-state index in [0.29, 0.717) is 16.7 Å². The number of nitrogens with zero attached hydrogens (tertiary/aromatic N) is 1. The zero-order chi connectivity index (χ0) is 14.2. The monoisotopic (exact) mass is 391 g/mol. The fraction of sp³-hybridized carbons (Fsp3) is 0.385. The molecule has 1 unspecified atom stereocenters. The first-order chi connectivity index (χ1) is 8.99. The number of amides is 1. The lowest BCUT2D eigenvalue weighted by Crippen LogP contribution is -2.34. The number of ketones is 1. The quantitative estimate of drug-likeness (QED) is 0.580. The molecule has 0 saturated carbocycles. The summed E-state index contributed by atoms with van der Waals surface area (Å²) in [6.07, 6.45) is 0.886. The van der Waals surface area contributed by atoms with E-state index in [4.69, 9.17) is 0 Å². The van der Waals surface area contributed by atoms with Gasteiger partial charge in [0.05, 0.1) is 11.3 Å². The minimum absolute atomic E-state index is 0.140. The molecule has 1 aliphatic rings. The Hall–Kier alpha value is -0.750. The molecule has 102 valence electrons. The van der Waals surface area contributed by atoms with Crippen LogP contribution in [0.4, 0.5) is 10.1 Å². The lowest BCUT2D eigenvalue weighted by Gasteiger charge is -2.22. The van der Waals surface area contributed by atoms with Crippen LogP contribution in [0.15, 0.2) is 16.6 Å². The Morgan fingerprint density at radius 3 is 2.63 bits per heavy atom. The third kappa shape index (κ3) is 2.60. The summed E-state index contributed by atoms with van der Waals surface area (Å²) in [5.41, 5.74) is 0.622. The van der Waals surface area contributed by atoms with Gasteiger partial charge in [-0.2, -0.15) is 0 Å². The molecule has 1 aromatic rings. The molecule has 1 amide bonds. The van der Waals surface area contributed by atoms with Gasteiger partial charge in [0, 0.05) is 16.3 Å². The van der Waals surface area contributed by atoms with E-state index in [0.717, 1.165) is 17.8 Å². The third-order valence-electron chi connectivity index (χ3n) is 3.22. The summed E-state index contributed by atoms with van der Waals surface area (Å²) in [5, 5.41) is 0.746. The molecule has 2 rings (SSSR count). The number of anilines is 1. The van der Waals surface area contributed by atoms with Crippen LogP contribution in [0.5, 0.6) is 0 Å². The molecule has 1 atom stereocenters. The van der Waals surface area contributed by atoms with Crippen LogP contribution in [-0.2, 0) is 4.79 Å². The van der Waals surface area contributed by atoms with E-state index in [1.54, 1.807) is 0 Å². The van der Waals surface area contributed by atoms with Crippen LogP contribution < -0.4 is 4.90 Å². The molecule has 0 N–H and O–H groups in total. The first kappa shape index (κ1) is 14.7. The van der Waals surface area contributed by atoms with Gasteiger partial charge < -0.3 is 4.90 Å². The SMILES string of the molecule is CCC(CBr)CN1C(=O)C(=O)c2cc(F)cc(Br)c21. The number of hydrogen-bond donors (Lipinski definition) is 0.